The lowest BCUT2D eigenvalue weighted by Gasteiger charge is -2.37. The van der Waals surface area contributed by atoms with Gasteiger partial charge in [0.1, 0.15) is 0 Å². The first-order valence-electron chi connectivity index (χ1n) is 11.2. The second-order valence-corrected chi connectivity index (χ2v) is 8.09. The van der Waals surface area contributed by atoms with E-state index < -0.39 is 0 Å². The number of carbonyl (C=O) groups is 2. The zero-order valence-electron chi connectivity index (χ0n) is 18.5. The topological polar surface area (TPSA) is 64.7 Å². The summed E-state index contributed by atoms with van der Waals surface area (Å²) >= 11 is 0. The minimum Gasteiger partial charge on any atom is -0.380 e. The number of nitrogens with one attached hydrogen (secondary N) is 2. The van der Waals surface area contributed by atoms with Crippen molar-refractivity contribution in [2.24, 2.45) is 0 Å². The molecule has 0 atom stereocenters. The number of piperazine rings is 1. The quantitative estimate of drug-likeness (QED) is 0.735. The lowest BCUT2D eigenvalue weighted by Crippen LogP contribution is -2.49. The third kappa shape index (κ3) is 5.02. The Morgan fingerprint density at radius 3 is 2.47 bits per heavy atom. The number of anilines is 2. The summed E-state index contributed by atoms with van der Waals surface area (Å²) in [7, 11) is 1.64. The predicted octanol–water partition coefficient (Wildman–Crippen LogP) is 3.58. The van der Waals surface area contributed by atoms with Gasteiger partial charge in [-0.1, -0.05) is 48.6 Å². The molecule has 2 amide bonds. The molecule has 1 fully saturated rings. The summed E-state index contributed by atoms with van der Waals surface area (Å²) < 4.78 is 0. The summed E-state index contributed by atoms with van der Waals surface area (Å²) in [6.45, 7) is 3.58. The average molecular weight is 431 g/mol. The van der Waals surface area contributed by atoms with Crippen LogP contribution in [0.1, 0.15) is 28.8 Å². The SMILES string of the molecule is CNC(=O)c1ccc(N2CCN(C(=O)C3=CC=CCC3)CC2)cc1NCc1ccccc1. The first-order chi connectivity index (χ1) is 15.7. The summed E-state index contributed by atoms with van der Waals surface area (Å²) in [4.78, 5) is 29.4. The van der Waals surface area contributed by atoms with Crippen LogP contribution in [0.2, 0.25) is 0 Å². The standard InChI is InChI=1S/C26H30N4O2/c1-27-25(31)23-13-12-22(18-24(23)28-19-20-8-4-2-5-9-20)29-14-16-30(17-15-29)26(32)21-10-6-3-7-11-21/h2-6,8-10,12-13,18,28H,7,11,14-17,19H2,1H3,(H,27,31). The third-order valence-corrected chi connectivity index (χ3v) is 6.02. The molecule has 32 heavy (non-hydrogen) atoms. The van der Waals surface area contributed by atoms with Gasteiger partial charge in [-0.3, -0.25) is 9.59 Å². The van der Waals surface area contributed by atoms with Crippen molar-refractivity contribution in [3.8, 4) is 0 Å². The number of amides is 2. The molecule has 1 aliphatic heterocycles. The molecule has 2 aromatic carbocycles. The van der Waals surface area contributed by atoms with Gasteiger partial charge in [-0.15, -0.1) is 0 Å². The fourth-order valence-electron chi connectivity index (χ4n) is 4.15. The van der Waals surface area contributed by atoms with E-state index in [2.05, 4.69) is 33.7 Å². The Kier molecular flexibility index (Phi) is 6.90. The lowest BCUT2D eigenvalue weighted by atomic mass is 10.0. The van der Waals surface area contributed by atoms with E-state index in [0.29, 0.717) is 25.2 Å². The van der Waals surface area contributed by atoms with Crippen molar-refractivity contribution in [1.82, 2.24) is 10.2 Å². The highest BCUT2D eigenvalue weighted by Gasteiger charge is 2.24. The third-order valence-electron chi connectivity index (χ3n) is 6.02. The highest BCUT2D eigenvalue weighted by atomic mass is 16.2. The van der Waals surface area contributed by atoms with E-state index in [0.717, 1.165) is 48.4 Å². The zero-order chi connectivity index (χ0) is 22.3. The lowest BCUT2D eigenvalue weighted by molar-refractivity contribution is -0.127. The van der Waals surface area contributed by atoms with E-state index >= 15 is 0 Å². The summed E-state index contributed by atoms with van der Waals surface area (Å²) in [5, 5.41) is 6.15. The van der Waals surface area contributed by atoms with Gasteiger partial charge < -0.3 is 20.4 Å². The number of carbonyl (C=O) groups excluding carboxylic acids is 2. The van der Waals surface area contributed by atoms with E-state index in [1.807, 2.05) is 53.5 Å². The second-order valence-electron chi connectivity index (χ2n) is 8.09. The zero-order valence-corrected chi connectivity index (χ0v) is 18.5. The minimum absolute atomic E-state index is 0.114. The van der Waals surface area contributed by atoms with Crippen molar-refractivity contribution in [1.29, 1.82) is 0 Å². The first-order valence-corrected chi connectivity index (χ1v) is 11.2. The van der Waals surface area contributed by atoms with Crippen LogP contribution in [0.3, 0.4) is 0 Å². The van der Waals surface area contributed by atoms with Crippen molar-refractivity contribution in [3.63, 3.8) is 0 Å². The molecular formula is C26H30N4O2. The Balaban J connectivity index is 1.45. The molecule has 0 bridgehead atoms. The number of nitrogens with zero attached hydrogens (tertiary/aromatic N) is 2. The van der Waals surface area contributed by atoms with Gasteiger partial charge in [-0.05, 0) is 36.6 Å². The molecular weight excluding hydrogens is 400 g/mol. The van der Waals surface area contributed by atoms with Crippen LogP contribution in [0.25, 0.3) is 0 Å². The molecule has 0 saturated carbocycles. The molecule has 6 heteroatoms. The van der Waals surface area contributed by atoms with Gasteiger partial charge in [0.25, 0.3) is 5.91 Å². The Bertz CT molecular complexity index is 1020. The van der Waals surface area contributed by atoms with Gasteiger partial charge in [-0.2, -0.15) is 0 Å². The smallest absolute Gasteiger partial charge is 0.253 e. The number of benzene rings is 2. The highest BCUT2D eigenvalue weighted by molar-refractivity contribution is 6.00. The fraction of sp³-hybridized carbons (Fsp3) is 0.308. The predicted molar refractivity (Wildman–Crippen MR) is 129 cm³/mol. The minimum atomic E-state index is -0.114. The van der Waals surface area contributed by atoms with E-state index in [9.17, 15) is 9.59 Å². The van der Waals surface area contributed by atoms with E-state index in [4.69, 9.17) is 0 Å². The maximum Gasteiger partial charge on any atom is 0.253 e. The maximum absolute atomic E-state index is 12.8. The van der Waals surface area contributed by atoms with Crippen molar-refractivity contribution in [2.75, 3.05) is 43.4 Å². The number of allylic oxidation sites excluding steroid dienone is 3. The first kappa shape index (κ1) is 21.7. The molecule has 1 heterocycles. The van der Waals surface area contributed by atoms with E-state index in [1.165, 1.54) is 0 Å². The molecule has 0 unspecified atom stereocenters. The van der Waals surface area contributed by atoms with Crippen molar-refractivity contribution >= 4 is 23.2 Å². The molecule has 2 aliphatic rings. The highest BCUT2D eigenvalue weighted by Crippen LogP contribution is 2.26. The Hall–Kier alpha value is -3.54. The molecule has 6 nitrogen and oxygen atoms in total. The monoisotopic (exact) mass is 430 g/mol. The largest absolute Gasteiger partial charge is 0.380 e. The van der Waals surface area contributed by atoms with Crippen molar-refractivity contribution in [2.45, 2.75) is 19.4 Å². The Morgan fingerprint density at radius 1 is 1.00 bits per heavy atom. The summed E-state index contributed by atoms with van der Waals surface area (Å²) in [5.41, 5.74) is 4.55. The van der Waals surface area contributed by atoms with E-state index in [-0.39, 0.29) is 11.8 Å². The molecule has 1 aliphatic carbocycles. The van der Waals surface area contributed by atoms with Crippen LogP contribution in [0.15, 0.2) is 72.3 Å². The molecule has 4 rings (SSSR count). The molecule has 0 spiro atoms. The van der Waals surface area contributed by atoms with Crippen molar-refractivity contribution in [3.05, 3.63) is 83.5 Å². The number of rotatable bonds is 6. The van der Waals surface area contributed by atoms with Crippen LogP contribution in [0, 0.1) is 0 Å². The van der Waals surface area contributed by atoms with Crippen molar-refractivity contribution < 1.29 is 9.59 Å². The van der Waals surface area contributed by atoms with Crippen LogP contribution in [0.5, 0.6) is 0 Å². The van der Waals surface area contributed by atoms with Crippen LogP contribution < -0.4 is 15.5 Å². The second kappa shape index (κ2) is 10.2. The van der Waals surface area contributed by atoms with Gasteiger partial charge >= 0.3 is 0 Å². The fourth-order valence-corrected chi connectivity index (χ4v) is 4.15. The maximum atomic E-state index is 12.8. The molecule has 2 aromatic rings. The van der Waals surface area contributed by atoms with Gasteiger partial charge in [0.2, 0.25) is 5.91 Å². The molecule has 2 N–H and O–H groups in total. The molecule has 166 valence electrons. The van der Waals surface area contributed by atoms with Crippen LogP contribution in [-0.2, 0) is 11.3 Å². The molecule has 1 saturated heterocycles. The van der Waals surface area contributed by atoms with Crippen LogP contribution in [0.4, 0.5) is 11.4 Å². The van der Waals surface area contributed by atoms with Gasteiger partial charge in [0, 0.05) is 56.7 Å². The Labute approximate surface area is 189 Å². The Morgan fingerprint density at radius 2 is 1.78 bits per heavy atom. The molecule has 0 aromatic heterocycles. The molecule has 0 radical (unpaired) electrons. The summed E-state index contributed by atoms with van der Waals surface area (Å²) in [6, 6.07) is 16.0. The number of hydrogen-bond donors (Lipinski definition) is 2. The van der Waals surface area contributed by atoms with Gasteiger partial charge in [-0.25, -0.2) is 0 Å². The summed E-state index contributed by atoms with van der Waals surface area (Å²) in [6.07, 6.45) is 7.78. The van der Waals surface area contributed by atoms with Gasteiger partial charge in [0.05, 0.1) is 5.56 Å². The van der Waals surface area contributed by atoms with Crippen LogP contribution >= 0.6 is 0 Å². The number of hydrogen-bond acceptors (Lipinski definition) is 4. The normalized spacial score (nSPS) is 15.8. The average Bonchev–Trinajstić information content (AvgIpc) is 2.87. The van der Waals surface area contributed by atoms with E-state index in [1.54, 1.807) is 7.05 Å². The van der Waals surface area contributed by atoms with Crippen LogP contribution in [-0.4, -0.2) is 49.9 Å². The van der Waals surface area contributed by atoms with Gasteiger partial charge in [0.15, 0.2) is 0 Å². The summed E-state index contributed by atoms with van der Waals surface area (Å²) in [5.74, 6) is 0.0477.